The molecule has 1 saturated heterocycles. The molecular formula is C8H13N3O2S2. The summed E-state index contributed by atoms with van der Waals surface area (Å²) < 4.78 is 23.0. The van der Waals surface area contributed by atoms with Crippen LogP contribution in [0.2, 0.25) is 0 Å². The Labute approximate surface area is 92.8 Å². The van der Waals surface area contributed by atoms with Crippen LogP contribution in [-0.2, 0) is 9.84 Å². The van der Waals surface area contributed by atoms with Crippen molar-refractivity contribution in [1.29, 1.82) is 0 Å². The lowest BCUT2D eigenvalue weighted by Gasteiger charge is -2.08. The van der Waals surface area contributed by atoms with Crippen molar-refractivity contribution in [1.82, 2.24) is 10.2 Å². The predicted octanol–water partition coefficient (Wildman–Crippen LogP) is 0.836. The van der Waals surface area contributed by atoms with E-state index in [1.165, 1.54) is 11.3 Å². The Bertz CT molecular complexity index is 440. The van der Waals surface area contributed by atoms with Crippen LogP contribution in [0.3, 0.4) is 0 Å². The topological polar surface area (TPSA) is 72.0 Å². The number of hydrogen-bond acceptors (Lipinski definition) is 6. The molecule has 84 valence electrons. The van der Waals surface area contributed by atoms with Crippen molar-refractivity contribution in [2.24, 2.45) is 0 Å². The van der Waals surface area contributed by atoms with E-state index in [9.17, 15) is 8.42 Å². The first kappa shape index (κ1) is 10.8. The third-order valence-electron chi connectivity index (χ3n) is 2.47. The van der Waals surface area contributed by atoms with Gasteiger partial charge in [0.1, 0.15) is 5.01 Å². The van der Waals surface area contributed by atoms with Gasteiger partial charge < -0.3 is 5.32 Å². The van der Waals surface area contributed by atoms with Gasteiger partial charge in [0.2, 0.25) is 5.13 Å². The summed E-state index contributed by atoms with van der Waals surface area (Å²) in [5.41, 5.74) is 0. The van der Waals surface area contributed by atoms with Gasteiger partial charge in [-0.2, -0.15) is 0 Å². The lowest BCUT2D eigenvalue weighted by atomic mass is 10.2. The van der Waals surface area contributed by atoms with Gasteiger partial charge in [0.05, 0.1) is 11.0 Å². The molecule has 1 aliphatic heterocycles. The molecule has 0 bridgehead atoms. The zero-order valence-electron chi connectivity index (χ0n) is 8.43. The van der Waals surface area contributed by atoms with E-state index in [1.54, 1.807) is 0 Å². The number of nitrogens with one attached hydrogen (secondary N) is 1. The van der Waals surface area contributed by atoms with Crippen molar-refractivity contribution in [2.75, 3.05) is 17.6 Å². The Kier molecular flexibility index (Phi) is 2.92. The molecule has 1 N–H and O–H groups in total. The molecule has 1 aromatic heterocycles. The van der Waals surface area contributed by atoms with Gasteiger partial charge in [0, 0.05) is 6.54 Å². The highest BCUT2D eigenvalue weighted by atomic mass is 32.2. The molecule has 0 aromatic carbocycles. The fourth-order valence-electron chi connectivity index (χ4n) is 1.66. The van der Waals surface area contributed by atoms with Gasteiger partial charge in [-0.25, -0.2) is 8.42 Å². The third kappa shape index (κ3) is 2.46. The van der Waals surface area contributed by atoms with Crippen LogP contribution in [0.4, 0.5) is 5.13 Å². The highest BCUT2D eigenvalue weighted by molar-refractivity contribution is 7.92. The minimum atomic E-state index is -2.86. The molecule has 0 radical (unpaired) electrons. The first-order valence-electron chi connectivity index (χ1n) is 4.83. The van der Waals surface area contributed by atoms with Gasteiger partial charge in [0.15, 0.2) is 9.84 Å². The smallest absolute Gasteiger partial charge is 0.205 e. The minimum Gasteiger partial charge on any atom is -0.359 e. The summed E-state index contributed by atoms with van der Waals surface area (Å²) in [4.78, 5) is 0. The highest BCUT2D eigenvalue weighted by Gasteiger charge is 2.30. The highest BCUT2D eigenvalue weighted by Crippen LogP contribution is 2.21. The van der Waals surface area contributed by atoms with E-state index in [1.807, 2.05) is 6.92 Å². The summed E-state index contributed by atoms with van der Waals surface area (Å²) in [7, 11) is -2.86. The van der Waals surface area contributed by atoms with Crippen LogP contribution >= 0.6 is 11.3 Å². The van der Waals surface area contributed by atoms with E-state index in [-0.39, 0.29) is 5.25 Å². The fraction of sp³-hybridized carbons (Fsp3) is 0.750. The van der Waals surface area contributed by atoms with E-state index in [0.717, 1.165) is 17.8 Å². The second-order valence-corrected chi connectivity index (χ2v) is 7.22. The van der Waals surface area contributed by atoms with Crippen molar-refractivity contribution >= 4 is 26.3 Å². The van der Waals surface area contributed by atoms with Crippen molar-refractivity contribution < 1.29 is 8.42 Å². The summed E-state index contributed by atoms with van der Waals surface area (Å²) in [6.07, 6.45) is 1.54. The molecule has 0 aliphatic carbocycles. The molecule has 2 rings (SSSR count). The quantitative estimate of drug-likeness (QED) is 0.856. The first-order valence-corrected chi connectivity index (χ1v) is 7.37. The van der Waals surface area contributed by atoms with Gasteiger partial charge in [-0.15, -0.1) is 10.2 Å². The Hall–Kier alpha value is -0.690. The fourth-order valence-corrected chi connectivity index (χ4v) is 4.02. The molecule has 1 fully saturated rings. The summed E-state index contributed by atoms with van der Waals surface area (Å²) in [5, 5.41) is 12.1. The average Bonchev–Trinajstić information content (AvgIpc) is 2.69. The lowest BCUT2D eigenvalue weighted by molar-refractivity contribution is 0.591. The number of aromatic nitrogens is 2. The second kappa shape index (κ2) is 4.05. The van der Waals surface area contributed by atoms with Gasteiger partial charge in [-0.1, -0.05) is 11.3 Å². The molecule has 0 spiro atoms. The van der Waals surface area contributed by atoms with E-state index in [4.69, 9.17) is 0 Å². The predicted molar refractivity (Wildman–Crippen MR) is 59.9 cm³/mol. The van der Waals surface area contributed by atoms with Crippen LogP contribution < -0.4 is 5.32 Å². The minimum absolute atomic E-state index is 0.248. The first-order chi connectivity index (χ1) is 7.08. The zero-order valence-corrected chi connectivity index (χ0v) is 10.1. The maximum Gasteiger partial charge on any atom is 0.205 e. The second-order valence-electron chi connectivity index (χ2n) is 3.64. The molecule has 1 atom stereocenters. The zero-order chi connectivity index (χ0) is 10.9. The number of nitrogens with zero attached hydrogens (tertiary/aromatic N) is 2. The number of aryl methyl sites for hydroxylation is 1. The van der Waals surface area contributed by atoms with E-state index >= 15 is 0 Å². The monoisotopic (exact) mass is 247 g/mol. The van der Waals surface area contributed by atoms with Crippen molar-refractivity contribution in [3.05, 3.63) is 5.01 Å². The Morgan fingerprint density at radius 2 is 2.33 bits per heavy atom. The van der Waals surface area contributed by atoms with Crippen LogP contribution in [0, 0.1) is 6.92 Å². The summed E-state index contributed by atoms with van der Waals surface area (Å²) in [6, 6.07) is 0. The number of rotatable bonds is 3. The summed E-state index contributed by atoms with van der Waals surface area (Å²) >= 11 is 1.44. The Morgan fingerprint density at radius 1 is 1.53 bits per heavy atom. The number of sulfone groups is 1. The molecular weight excluding hydrogens is 234 g/mol. The summed E-state index contributed by atoms with van der Waals surface area (Å²) in [6.45, 7) is 2.33. The normalized spacial score (nSPS) is 24.2. The van der Waals surface area contributed by atoms with Gasteiger partial charge in [0.25, 0.3) is 0 Å². The third-order valence-corrected chi connectivity index (χ3v) is 5.54. The molecule has 5 nitrogen and oxygen atoms in total. The van der Waals surface area contributed by atoms with Gasteiger partial charge >= 0.3 is 0 Å². The molecule has 15 heavy (non-hydrogen) atoms. The maximum atomic E-state index is 11.5. The van der Waals surface area contributed by atoms with Crippen molar-refractivity contribution in [3.63, 3.8) is 0 Å². The molecule has 0 amide bonds. The Balaban J connectivity index is 1.94. The molecule has 1 unspecified atom stereocenters. The van der Waals surface area contributed by atoms with Crippen LogP contribution in [0.1, 0.15) is 17.8 Å². The van der Waals surface area contributed by atoms with E-state index < -0.39 is 9.84 Å². The summed E-state index contributed by atoms with van der Waals surface area (Å²) in [5.74, 6) is 0.328. The number of hydrogen-bond donors (Lipinski definition) is 1. The van der Waals surface area contributed by atoms with Crippen LogP contribution in [0.25, 0.3) is 0 Å². The van der Waals surface area contributed by atoms with Crippen LogP contribution in [0.5, 0.6) is 0 Å². The molecule has 2 heterocycles. The van der Waals surface area contributed by atoms with E-state index in [0.29, 0.717) is 17.4 Å². The van der Waals surface area contributed by atoms with Crippen molar-refractivity contribution in [3.8, 4) is 0 Å². The average molecular weight is 247 g/mol. The molecule has 0 saturated carbocycles. The van der Waals surface area contributed by atoms with Crippen LogP contribution in [-0.4, -0.2) is 36.2 Å². The van der Waals surface area contributed by atoms with E-state index in [2.05, 4.69) is 15.5 Å². The molecule has 1 aromatic rings. The maximum absolute atomic E-state index is 11.5. The molecule has 7 heteroatoms. The van der Waals surface area contributed by atoms with Gasteiger partial charge in [-0.3, -0.25) is 0 Å². The number of anilines is 1. The van der Waals surface area contributed by atoms with Crippen LogP contribution in [0.15, 0.2) is 0 Å². The lowest BCUT2D eigenvalue weighted by Crippen LogP contribution is -2.24. The largest absolute Gasteiger partial charge is 0.359 e. The SMILES string of the molecule is Cc1nnc(NCC2CCCS2(=O)=O)s1. The van der Waals surface area contributed by atoms with Crippen molar-refractivity contribution in [2.45, 2.75) is 25.0 Å². The van der Waals surface area contributed by atoms with Gasteiger partial charge in [-0.05, 0) is 19.8 Å². The molecule has 1 aliphatic rings. The Morgan fingerprint density at radius 3 is 2.87 bits per heavy atom. The standard InChI is InChI=1S/C8H13N3O2S2/c1-6-10-11-8(14-6)9-5-7-3-2-4-15(7,12)13/h7H,2-5H2,1H3,(H,9,11).